The minimum Gasteiger partial charge on any atom is -0.378 e. The third-order valence-corrected chi connectivity index (χ3v) is 7.85. The second-order valence-corrected chi connectivity index (χ2v) is 11.7. The quantitative estimate of drug-likeness (QED) is 0.387. The number of amides is 3. The van der Waals surface area contributed by atoms with Gasteiger partial charge in [-0.05, 0) is 62.4 Å². The van der Waals surface area contributed by atoms with Gasteiger partial charge in [0.15, 0.2) is 5.82 Å². The highest BCUT2D eigenvalue weighted by Gasteiger charge is 2.29. The molecule has 0 atom stereocenters. The fraction of sp³-hybridized carbons (Fsp3) is 0.452. The van der Waals surface area contributed by atoms with Gasteiger partial charge in [0.1, 0.15) is 0 Å². The second-order valence-electron chi connectivity index (χ2n) is 11.7. The first kappa shape index (κ1) is 29.7. The van der Waals surface area contributed by atoms with Crippen molar-refractivity contribution in [1.82, 2.24) is 25.2 Å². The Morgan fingerprint density at radius 1 is 0.750 bits per heavy atom. The van der Waals surface area contributed by atoms with Crippen molar-refractivity contribution in [2.75, 3.05) is 92.7 Å². The van der Waals surface area contributed by atoms with Gasteiger partial charge in [0.25, 0.3) is 5.91 Å². The van der Waals surface area contributed by atoms with E-state index in [4.69, 9.17) is 24.4 Å². The molecular formula is C31H39N9O4. The Hall–Kier alpha value is -4.33. The van der Waals surface area contributed by atoms with Gasteiger partial charge < -0.3 is 40.1 Å². The van der Waals surface area contributed by atoms with Crippen LogP contribution in [0.1, 0.15) is 24.2 Å². The van der Waals surface area contributed by atoms with Gasteiger partial charge in [0.05, 0.1) is 26.4 Å². The molecule has 3 aliphatic rings. The number of benzene rings is 2. The van der Waals surface area contributed by atoms with E-state index in [1.807, 2.05) is 29.2 Å². The van der Waals surface area contributed by atoms with Crippen LogP contribution >= 0.6 is 0 Å². The summed E-state index contributed by atoms with van der Waals surface area (Å²) >= 11 is 0. The van der Waals surface area contributed by atoms with Crippen LogP contribution in [0.5, 0.6) is 0 Å². The van der Waals surface area contributed by atoms with Gasteiger partial charge in [-0.2, -0.15) is 15.0 Å². The van der Waals surface area contributed by atoms with E-state index >= 15 is 0 Å². The highest BCUT2D eigenvalue weighted by molar-refractivity contribution is 6.00. The summed E-state index contributed by atoms with van der Waals surface area (Å²) in [6.07, 6.45) is 0. The van der Waals surface area contributed by atoms with E-state index in [0.717, 1.165) is 38.3 Å². The van der Waals surface area contributed by atoms with E-state index in [0.29, 0.717) is 74.2 Å². The summed E-state index contributed by atoms with van der Waals surface area (Å²) in [7, 11) is 0. The molecule has 13 heteroatoms. The minimum atomic E-state index is -0.384. The maximum atomic E-state index is 13.0. The Bertz CT molecular complexity index is 1420. The Labute approximate surface area is 257 Å². The molecule has 0 bridgehead atoms. The van der Waals surface area contributed by atoms with Crippen LogP contribution in [0.3, 0.4) is 0 Å². The van der Waals surface area contributed by atoms with Crippen LogP contribution in [0.15, 0.2) is 48.5 Å². The third kappa shape index (κ3) is 7.24. The lowest BCUT2D eigenvalue weighted by atomic mass is 10.0. The molecule has 44 heavy (non-hydrogen) atoms. The van der Waals surface area contributed by atoms with Crippen molar-refractivity contribution in [3.05, 3.63) is 54.1 Å². The van der Waals surface area contributed by atoms with Gasteiger partial charge >= 0.3 is 6.03 Å². The maximum Gasteiger partial charge on any atom is 0.323 e. The van der Waals surface area contributed by atoms with Crippen molar-refractivity contribution in [1.29, 1.82) is 0 Å². The molecule has 3 saturated heterocycles. The number of hydrogen-bond donors (Lipinski definition) is 3. The summed E-state index contributed by atoms with van der Waals surface area (Å²) in [5.41, 5.74) is 2.50. The number of urea groups is 1. The molecule has 3 fully saturated rings. The molecule has 4 heterocycles. The van der Waals surface area contributed by atoms with E-state index in [1.54, 1.807) is 24.3 Å². The summed E-state index contributed by atoms with van der Waals surface area (Å²) < 4.78 is 11.0. The Morgan fingerprint density at radius 2 is 1.27 bits per heavy atom. The van der Waals surface area contributed by atoms with E-state index in [2.05, 4.69) is 39.6 Å². The molecule has 3 aromatic rings. The van der Waals surface area contributed by atoms with Gasteiger partial charge in [-0.1, -0.05) is 0 Å². The van der Waals surface area contributed by atoms with Crippen molar-refractivity contribution in [3.8, 4) is 11.4 Å². The summed E-state index contributed by atoms with van der Waals surface area (Å²) in [6, 6.07) is 14.0. The molecule has 3 amide bonds. The lowest BCUT2D eigenvalue weighted by Gasteiger charge is -2.39. The smallest absolute Gasteiger partial charge is 0.323 e. The van der Waals surface area contributed by atoms with Gasteiger partial charge in [-0.25, -0.2) is 4.79 Å². The van der Waals surface area contributed by atoms with Crippen molar-refractivity contribution >= 4 is 35.2 Å². The Balaban J connectivity index is 1.10. The number of carbonyl (C=O) groups is 2. The van der Waals surface area contributed by atoms with E-state index in [1.165, 1.54) is 0 Å². The molecule has 3 aliphatic heterocycles. The fourth-order valence-electron chi connectivity index (χ4n) is 5.48. The SMILES string of the molecule is CC1(C)CN(C(=O)c2ccc(NC(=O)Nc3ccc(-c4nc(N5CCOCC5)nc(N5CCOCC5)n4)cc3)cc2)CCN1. The molecule has 0 aliphatic carbocycles. The highest BCUT2D eigenvalue weighted by atomic mass is 16.5. The lowest BCUT2D eigenvalue weighted by molar-refractivity contribution is 0.0652. The lowest BCUT2D eigenvalue weighted by Crippen LogP contribution is -2.58. The number of nitrogens with zero attached hydrogens (tertiary/aromatic N) is 6. The van der Waals surface area contributed by atoms with Crippen molar-refractivity contribution < 1.29 is 19.1 Å². The highest BCUT2D eigenvalue weighted by Crippen LogP contribution is 2.24. The minimum absolute atomic E-state index is 0.0111. The zero-order valence-corrected chi connectivity index (χ0v) is 25.2. The number of nitrogens with one attached hydrogen (secondary N) is 3. The number of ether oxygens (including phenoxy) is 2. The first-order valence-electron chi connectivity index (χ1n) is 15.1. The van der Waals surface area contributed by atoms with Gasteiger partial charge in [0.2, 0.25) is 11.9 Å². The molecule has 6 rings (SSSR count). The van der Waals surface area contributed by atoms with Crippen molar-refractivity contribution in [3.63, 3.8) is 0 Å². The van der Waals surface area contributed by atoms with Crippen LogP contribution in [-0.4, -0.2) is 110 Å². The zero-order valence-electron chi connectivity index (χ0n) is 25.2. The number of carbonyl (C=O) groups excluding carboxylic acids is 2. The predicted octanol–water partition coefficient (Wildman–Crippen LogP) is 2.68. The molecule has 0 saturated carbocycles. The Kier molecular flexibility index (Phi) is 8.87. The Morgan fingerprint density at radius 3 is 1.80 bits per heavy atom. The third-order valence-electron chi connectivity index (χ3n) is 7.85. The first-order chi connectivity index (χ1) is 21.3. The van der Waals surface area contributed by atoms with E-state index in [9.17, 15) is 9.59 Å². The molecule has 0 radical (unpaired) electrons. The number of piperazine rings is 1. The number of anilines is 4. The van der Waals surface area contributed by atoms with Gasteiger partial charge in [-0.15, -0.1) is 0 Å². The summed E-state index contributed by atoms with van der Waals surface area (Å²) in [6.45, 7) is 11.7. The number of aromatic nitrogens is 3. The molecule has 2 aromatic carbocycles. The number of hydrogen-bond acceptors (Lipinski definition) is 10. The molecule has 13 nitrogen and oxygen atoms in total. The van der Waals surface area contributed by atoms with Crippen molar-refractivity contribution in [2.24, 2.45) is 0 Å². The molecule has 232 valence electrons. The monoisotopic (exact) mass is 601 g/mol. The standard InChI is InChI=1S/C31H39N9O4/c1-31(2)21-40(12-11-32-31)27(41)23-5-9-25(10-6-23)34-30(42)33-24-7-3-22(4-8-24)26-35-28(38-13-17-43-18-14-38)37-29(36-26)39-15-19-44-20-16-39/h3-10,32H,11-21H2,1-2H3,(H2,33,34,42). The van der Waals surface area contributed by atoms with Crippen LogP contribution < -0.4 is 25.8 Å². The van der Waals surface area contributed by atoms with Crippen LogP contribution in [0.4, 0.5) is 28.1 Å². The molecule has 0 unspecified atom stereocenters. The maximum absolute atomic E-state index is 13.0. The largest absolute Gasteiger partial charge is 0.378 e. The summed E-state index contributed by atoms with van der Waals surface area (Å²) in [5, 5.41) is 9.11. The second kappa shape index (κ2) is 13.1. The van der Waals surface area contributed by atoms with Gasteiger partial charge in [-0.3, -0.25) is 4.79 Å². The first-order valence-corrected chi connectivity index (χ1v) is 15.1. The number of rotatable bonds is 6. The predicted molar refractivity (Wildman–Crippen MR) is 168 cm³/mol. The normalized spacial score (nSPS) is 18.5. The average Bonchev–Trinajstić information content (AvgIpc) is 3.05. The summed E-state index contributed by atoms with van der Waals surface area (Å²) in [5.74, 6) is 1.82. The van der Waals surface area contributed by atoms with Crippen LogP contribution in [0.2, 0.25) is 0 Å². The topological polar surface area (TPSA) is 137 Å². The molecule has 3 N–H and O–H groups in total. The molecule has 1 aromatic heterocycles. The molecular weight excluding hydrogens is 562 g/mol. The van der Waals surface area contributed by atoms with Crippen molar-refractivity contribution in [2.45, 2.75) is 19.4 Å². The van der Waals surface area contributed by atoms with Crippen LogP contribution in [-0.2, 0) is 9.47 Å². The van der Waals surface area contributed by atoms with Gasteiger partial charge in [0, 0.05) is 73.9 Å². The van der Waals surface area contributed by atoms with Crippen LogP contribution in [0.25, 0.3) is 11.4 Å². The molecule has 0 spiro atoms. The van der Waals surface area contributed by atoms with Crippen LogP contribution in [0, 0.1) is 0 Å². The number of morpholine rings is 2. The van der Waals surface area contributed by atoms with E-state index < -0.39 is 0 Å². The fourth-order valence-corrected chi connectivity index (χ4v) is 5.48. The summed E-state index contributed by atoms with van der Waals surface area (Å²) in [4.78, 5) is 46.2. The van der Waals surface area contributed by atoms with E-state index in [-0.39, 0.29) is 17.5 Å². The average molecular weight is 602 g/mol. The zero-order chi connectivity index (χ0) is 30.5.